The van der Waals surface area contributed by atoms with Crippen molar-refractivity contribution in [2.45, 2.75) is 25.8 Å². The van der Waals surface area contributed by atoms with E-state index >= 15 is 0 Å². The summed E-state index contributed by atoms with van der Waals surface area (Å²) < 4.78 is 0. The number of rotatable bonds is 7. The average Bonchev–Trinajstić information content (AvgIpc) is 2.42. The lowest BCUT2D eigenvalue weighted by Crippen LogP contribution is -2.40. The van der Waals surface area contributed by atoms with Crippen LogP contribution in [0.3, 0.4) is 0 Å². The van der Waals surface area contributed by atoms with Crippen LogP contribution in [0, 0.1) is 6.92 Å². The largest absolute Gasteiger partial charge is 0.480 e. The minimum atomic E-state index is -1.20. The summed E-state index contributed by atoms with van der Waals surface area (Å²) in [7, 11) is 0. The van der Waals surface area contributed by atoms with Crippen LogP contribution in [0.1, 0.15) is 24.0 Å². The van der Waals surface area contributed by atoms with E-state index in [4.69, 9.17) is 10.8 Å². The molecule has 0 spiro atoms. The van der Waals surface area contributed by atoms with Gasteiger partial charge in [0.25, 0.3) is 0 Å². The number of amides is 2. The van der Waals surface area contributed by atoms with E-state index in [0.29, 0.717) is 0 Å². The van der Waals surface area contributed by atoms with E-state index < -0.39 is 23.8 Å². The van der Waals surface area contributed by atoms with Crippen LogP contribution < -0.4 is 11.1 Å². The van der Waals surface area contributed by atoms with Gasteiger partial charge in [-0.05, 0) is 30.5 Å². The molecule has 112 valence electrons. The third kappa shape index (κ3) is 5.90. The molecular weight excluding hydrogens is 272 g/mol. The number of benzene rings is 1. The second kappa shape index (κ2) is 7.84. The first kappa shape index (κ1) is 16.4. The highest BCUT2D eigenvalue weighted by Gasteiger charge is 2.19. The number of nitrogens with one attached hydrogen (secondary N) is 1. The van der Waals surface area contributed by atoms with Crippen LogP contribution >= 0.6 is 0 Å². The molecule has 1 atom stereocenters. The summed E-state index contributed by atoms with van der Waals surface area (Å²) in [5, 5.41) is 11.3. The van der Waals surface area contributed by atoms with Gasteiger partial charge in [-0.1, -0.05) is 24.3 Å². The summed E-state index contributed by atoms with van der Waals surface area (Å²) in [6.07, 6.45) is 2.74. The summed E-state index contributed by atoms with van der Waals surface area (Å²) in [6, 6.07) is 6.35. The fourth-order valence-corrected chi connectivity index (χ4v) is 1.70. The Hall–Kier alpha value is -2.63. The molecule has 2 amide bonds. The van der Waals surface area contributed by atoms with Gasteiger partial charge in [-0.2, -0.15) is 0 Å². The second-order valence-electron chi connectivity index (χ2n) is 4.59. The molecule has 0 saturated carbocycles. The number of nitrogens with two attached hydrogens (primary N) is 1. The van der Waals surface area contributed by atoms with Crippen molar-refractivity contribution >= 4 is 23.9 Å². The third-order valence-electron chi connectivity index (χ3n) is 2.90. The normalized spacial score (nSPS) is 12.0. The van der Waals surface area contributed by atoms with Crippen molar-refractivity contribution in [3.8, 4) is 0 Å². The maximum absolute atomic E-state index is 11.7. The van der Waals surface area contributed by atoms with E-state index in [1.54, 1.807) is 6.08 Å². The second-order valence-corrected chi connectivity index (χ2v) is 4.59. The fraction of sp³-hybridized carbons (Fsp3) is 0.267. The predicted octanol–water partition coefficient (Wildman–Crippen LogP) is 0.843. The lowest BCUT2D eigenvalue weighted by Gasteiger charge is -2.12. The number of carbonyl (C=O) groups is 3. The summed E-state index contributed by atoms with van der Waals surface area (Å²) in [4.78, 5) is 33.4. The fourth-order valence-electron chi connectivity index (χ4n) is 1.70. The molecule has 0 saturated heterocycles. The zero-order valence-corrected chi connectivity index (χ0v) is 11.7. The quantitative estimate of drug-likeness (QED) is 0.646. The Kier molecular flexibility index (Phi) is 6.13. The van der Waals surface area contributed by atoms with Gasteiger partial charge in [-0.15, -0.1) is 0 Å². The zero-order chi connectivity index (χ0) is 15.8. The van der Waals surface area contributed by atoms with Crippen molar-refractivity contribution in [1.82, 2.24) is 5.32 Å². The topological polar surface area (TPSA) is 109 Å². The molecule has 1 rings (SSSR count). The van der Waals surface area contributed by atoms with Crippen LogP contribution in [0.2, 0.25) is 0 Å². The van der Waals surface area contributed by atoms with Gasteiger partial charge in [-0.3, -0.25) is 9.59 Å². The SMILES string of the molecule is Cc1ccccc1/C=C/C(=O)N[C@@H](CCC(N)=O)C(=O)O. The van der Waals surface area contributed by atoms with Crippen LogP contribution in [0.4, 0.5) is 0 Å². The predicted molar refractivity (Wildman–Crippen MR) is 78.2 cm³/mol. The van der Waals surface area contributed by atoms with Crippen molar-refractivity contribution < 1.29 is 19.5 Å². The smallest absolute Gasteiger partial charge is 0.326 e. The standard InChI is InChI=1S/C15H18N2O4/c1-10-4-2-3-5-11(10)6-9-14(19)17-12(15(20)21)7-8-13(16)18/h2-6,9,12H,7-8H2,1H3,(H2,16,18)(H,17,19)(H,20,21)/b9-6+/t12-/m0/s1. The molecule has 0 aliphatic rings. The van der Waals surface area contributed by atoms with Crippen LogP contribution in [-0.4, -0.2) is 28.9 Å². The summed E-state index contributed by atoms with van der Waals surface area (Å²) in [5.41, 5.74) is 6.84. The summed E-state index contributed by atoms with van der Waals surface area (Å²) in [6.45, 7) is 1.91. The molecule has 0 fully saturated rings. The molecule has 1 aromatic carbocycles. The molecule has 0 aliphatic heterocycles. The zero-order valence-electron chi connectivity index (χ0n) is 11.7. The highest BCUT2D eigenvalue weighted by Crippen LogP contribution is 2.08. The Morgan fingerprint density at radius 1 is 1.33 bits per heavy atom. The van der Waals surface area contributed by atoms with E-state index in [2.05, 4.69) is 5.32 Å². The van der Waals surface area contributed by atoms with Gasteiger partial charge in [0.05, 0.1) is 0 Å². The van der Waals surface area contributed by atoms with E-state index in [-0.39, 0.29) is 12.8 Å². The number of hydrogen-bond donors (Lipinski definition) is 3. The number of carboxylic acid groups (broad SMARTS) is 1. The van der Waals surface area contributed by atoms with E-state index in [1.807, 2.05) is 31.2 Å². The lowest BCUT2D eigenvalue weighted by atomic mass is 10.1. The van der Waals surface area contributed by atoms with E-state index in [0.717, 1.165) is 11.1 Å². The average molecular weight is 290 g/mol. The molecule has 21 heavy (non-hydrogen) atoms. The molecule has 0 aromatic heterocycles. The maximum atomic E-state index is 11.7. The lowest BCUT2D eigenvalue weighted by molar-refractivity contribution is -0.141. The van der Waals surface area contributed by atoms with Crippen LogP contribution in [0.25, 0.3) is 6.08 Å². The van der Waals surface area contributed by atoms with Gasteiger partial charge >= 0.3 is 5.97 Å². The highest BCUT2D eigenvalue weighted by atomic mass is 16.4. The minimum absolute atomic E-state index is 0.0331. The Morgan fingerprint density at radius 3 is 2.57 bits per heavy atom. The molecule has 0 bridgehead atoms. The van der Waals surface area contributed by atoms with Crippen molar-refractivity contribution in [2.24, 2.45) is 5.73 Å². The van der Waals surface area contributed by atoms with Crippen molar-refractivity contribution in [3.05, 3.63) is 41.5 Å². The van der Waals surface area contributed by atoms with Crippen LogP contribution in [0.15, 0.2) is 30.3 Å². The number of aryl methyl sites for hydroxylation is 1. The summed E-state index contributed by atoms with van der Waals surface area (Å²) >= 11 is 0. The molecule has 6 nitrogen and oxygen atoms in total. The molecule has 6 heteroatoms. The molecular formula is C15H18N2O4. The Labute approximate surface area is 122 Å². The van der Waals surface area contributed by atoms with Gasteiger partial charge in [0.15, 0.2) is 0 Å². The van der Waals surface area contributed by atoms with Crippen LogP contribution in [-0.2, 0) is 14.4 Å². The van der Waals surface area contributed by atoms with Gasteiger partial charge in [0.1, 0.15) is 6.04 Å². The minimum Gasteiger partial charge on any atom is -0.480 e. The number of primary amides is 1. The molecule has 0 radical (unpaired) electrons. The molecule has 4 N–H and O–H groups in total. The number of carboxylic acids is 1. The Morgan fingerprint density at radius 2 is 2.00 bits per heavy atom. The van der Waals surface area contributed by atoms with Gasteiger partial charge in [0, 0.05) is 12.5 Å². The van der Waals surface area contributed by atoms with Gasteiger partial charge in [0.2, 0.25) is 11.8 Å². The van der Waals surface area contributed by atoms with Crippen molar-refractivity contribution in [1.29, 1.82) is 0 Å². The Balaban J connectivity index is 2.64. The van der Waals surface area contributed by atoms with Crippen LogP contribution in [0.5, 0.6) is 0 Å². The highest BCUT2D eigenvalue weighted by molar-refractivity contribution is 5.94. The maximum Gasteiger partial charge on any atom is 0.326 e. The molecule has 1 aromatic rings. The van der Waals surface area contributed by atoms with Gasteiger partial charge in [-0.25, -0.2) is 4.79 Å². The van der Waals surface area contributed by atoms with Gasteiger partial charge < -0.3 is 16.2 Å². The first-order valence-electron chi connectivity index (χ1n) is 6.45. The third-order valence-corrected chi connectivity index (χ3v) is 2.90. The molecule has 0 heterocycles. The summed E-state index contributed by atoms with van der Waals surface area (Å²) in [5.74, 6) is -2.34. The van der Waals surface area contributed by atoms with Crippen molar-refractivity contribution in [2.75, 3.05) is 0 Å². The number of aliphatic carboxylic acids is 1. The Bertz CT molecular complexity index is 567. The number of hydrogen-bond acceptors (Lipinski definition) is 3. The molecule has 0 unspecified atom stereocenters. The first-order chi connectivity index (χ1) is 9.90. The molecule has 0 aliphatic carbocycles. The monoisotopic (exact) mass is 290 g/mol. The van der Waals surface area contributed by atoms with E-state index in [1.165, 1.54) is 6.08 Å². The number of carbonyl (C=O) groups excluding carboxylic acids is 2. The van der Waals surface area contributed by atoms with E-state index in [9.17, 15) is 14.4 Å². The first-order valence-corrected chi connectivity index (χ1v) is 6.45. The van der Waals surface area contributed by atoms with Crippen molar-refractivity contribution in [3.63, 3.8) is 0 Å².